The van der Waals surface area contributed by atoms with Gasteiger partial charge >= 0.3 is 0 Å². The molecular formula is C26H30FN7. The third-order valence-corrected chi connectivity index (χ3v) is 6.72. The van der Waals surface area contributed by atoms with Crippen molar-refractivity contribution in [3.05, 3.63) is 77.8 Å². The normalized spacial score (nSPS) is 15.2. The van der Waals surface area contributed by atoms with Crippen LogP contribution >= 0.6 is 0 Å². The summed E-state index contributed by atoms with van der Waals surface area (Å²) in [6.07, 6.45) is 5.56. The van der Waals surface area contributed by atoms with Crippen molar-refractivity contribution in [3.8, 4) is 0 Å². The van der Waals surface area contributed by atoms with Crippen LogP contribution in [0, 0.1) is 11.7 Å². The maximum Gasteiger partial charge on any atom is 0.150 e. The van der Waals surface area contributed by atoms with Crippen LogP contribution in [0.4, 0.5) is 15.9 Å². The Labute approximate surface area is 198 Å². The molecule has 2 aromatic carbocycles. The highest BCUT2D eigenvalue weighted by Gasteiger charge is 2.22. The number of anilines is 2. The van der Waals surface area contributed by atoms with E-state index in [1.54, 1.807) is 6.20 Å². The molecule has 1 aliphatic rings. The Bertz CT molecular complexity index is 1260. The minimum absolute atomic E-state index is 0.211. The van der Waals surface area contributed by atoms with Crippen LogP contribution in [0.15, 0.2) is 54.7 Å². The molecule has 34 heavy (non-hydrogen) atoms. The lowest BCUT2D eigenvalue weighted by molar-refractivity contribution is 0.183. The second-order valence-electron chi connectivity index (χ2n) is 9.10. The summed E-state index contributed by atoms with van der Waals surface area (Å²) < 4.78 is 15.7. The SMILES string of the molecule is Nc1cnc(CCN2CCC(Cc3nc4ccccc4n3Cc3ccc(F)cc3)CC2)nc1N. The maximum atomic E-state index is 13.4. The Morgan fingerprint density at radius 1 is 0.971 bits per heavy atom. The number of hydrogen-bond donors (Lipinski definition) is 2. The lowest BCUT2D eigenvalue weighted by Crippen LogP contribution is -2.36. The van der Waals surface area contributed by atoms with Crippen molar-refractivity contribution in [2.24, 2.45) is 5.92 Å². The number of nitrogens with two attached hydrogens (primary N) is 2. The zero-order valence-corrected chi connectivity index (χ0v) is 19.2. The largest absolute Gasteiger partial charge is 0.394 e. The number of para-hydroxylation sites is 2. The van der Waals surface area contributed by atoms with Gasteiger partial charge in [0.25, 0.3) is 0 Å². The van der Waals surface area contributed by atoms with Gasteiger partial charge in [0.05, 0.1) is 22.9 Å². The van der Waals surface area contributed by atoms with E-state index in [2.05, 4.69) is 31.6 Å². The molecule has 0 aliphatic carbocycles. The first-order chi connectivity index (χ1) is 16.5. The summed E-state index contributed by atoms with van der Waals surface area (Å²) in [4.78, 5) is 16.0. The van der Waals surface area contributed by atoms with Crippen molar-refractivity contribution in [2.75, 3.05) is 31.1 Å². The van der Waals surface area contributed by atoms with Gasteiger partial charge in [-0.3, -0.25) is 0 Å². The van der Waals surface area contributed by atoms with Crippen molar-refractivity contribution >= 4 is 22.5 Å². The van der Waals surface area contributed by atoms with Gasteiger partial charge in [-0.2, -0.15) is 0 Å². The molecule has 1 saturated heterocycles. The molecule has 0 atom stereocenters. The maximum absolute atomic E-state index is 13.4. The smallest absolute Gasteiger partial charge is 0.150 e. The molecule has 0 saturated carbocycles. The summed E-state index contributed by atoms with van der Waals surface area (Å²) in [6, 6.07) is 15.0. The van der Waals surface area contributed by atoms with Gasteiger partial charge in [0.15, 0.2) is 0 Å². The molecule has 0 unspecified atom stereocenters. The van der Waals surface area contributed by atoms with E-state index in [1.807, 2.05) is 24.3 Å². The molecule has 4 N–H and O–H groups in total. The van der Waals surface area contributed by atoms with Gasteiger partial charge < -0.3 is 20.9 Å². The van der Waals surface area contributed by atoms with Gasteiger partial charge in [0, 0.05) is 25.9 Å². The number of piperidine rings is 1. The van der Waals surface area contributed by atoms with E-state index in [0.29, 0.717) is 24.0 Å². The fourth-order valence-electron chi connectivity index (χ4n) is 4.72. The average molecular weight is 460 g/mol. The number of fused-ring (bicyclic) bond motifs is 1. The second-order valence-corrected chi connectivity index (χ2v) is 9.10. The highest BCUT2D eigenvalue weighted by atomic mass is 19.1. The van der Waals surface area contributed by atoms with Crippen molar-refractivity contribution < 1.29 is 4.39 Å². The van der Waals surface area contributed by atoms with E-state index in [1.165, 1.54) is 12.1 Å². The number of halogens is 1. The topological polar surface area (TPSA) is 98.9 Å². The fraction of sp³-hybridized carbons (Fsp3) is 0.346. The van der Waals surface area contributed by atoms with Crippen molar-refractivity contribution in [3.63, 3.8) is 0 Å². The van der Waals surface area contributed by atoms with Crippen LogP contribution in [0.3, 0.4) is 0 Å². The second kappa shape index (κ2) is 9.77. The van der Waals surface area contributed by atoms with E-state index >= 15 is 0 Å². The van der Waals surface area contributed by atoms with Crippen molar-refractivity contribution in [1.29, 1.82) is 0 Å². The molecule has 1 aliphatic heterocycles. The summed E-state index contributed by atoms with van der Waals surface area (Å²) in [6.45, 7) is 3.71. The van der Waals surface area contributed by atoms with Gasteiger partial charge in [0.1, 0.15) is 23.3 Å². The van der Waals surface area contributed by atoms with Crippen molar-refractivity contribution in [2.45, 2.75) is 32.2 Å². The highest BCUT2D eigenvalue weighted by Crippen LogP contribution is 2.25. The zero-order valence-electron chi connectivity index (χ0n) is 19.2. The molecule has 3 heterocycles. The van der Waals surface area contributed by atoms with Crippen LogP contribution in [-0.4, -0.2) is 44.1 Å². The quantitative estimate of drug-likeness (QED) is 0.437. The summed E-state index contributed by atoms with van der Waals surface area (Å²) in [5.41, 5.74) is 15.2. The number of hydrogen-bond acceptors (Lipinski definition) is 6. The molecule has 2 aromatic heterocycles. The van der Waals surface area contributed by atoms with E-state index in [-0.39, 0.29) is 5.82 Å². The summed E-state index contributed by atoms with van der Waals surface area (Å²) in [5.74, 6) is 2.58. The Morgan fingerprint density at radius 3 is 2.50 bits per heavy atom. The Hall–Kier alpha value is -3.52. The van der Waals surface area contributed by atoms with Gasteiger partial charge in [-0.25, -0.2) is 19.3 Å². The van der Waals surface area contributed by atoms with E-state index in [0.717, 1.165) is 73.6 Å². The lowest BCUT2D eigenvalue weighted by atomic mass is 9.93. The van der Waals surface area contributed by atoms with Crippen molar-refractivity contribution in [1.82, 2.24) is 24.4 Å². The first-order valence-corrected chi connectivity index (χ1v) is 11.8. The highest BCUT2D eigenvalue weighted by molar-refractivity contribution is 5.76. The van der Waals surface area contributed by atoms with Gasteiger partial charge in [0.2, 0.25) is 0 Å². The summed E-state index contributed by atoms with van der Waals surface area (Å²) >= 11 is 0. The molecule has 5 rings (SSSR count). The third kappa shape index (κ3) is 5.02. The first-order valence-electron chi connectivity index (χ1n) is 11.8. The molecule has 0 radical (unpaired) electrons. The van der Waals surface area contributed by atoms with Gasteiger partial charge in [-0.1, -0.05) is 24.3 Å². The van der Waals surface area contributed by atoms with Gasteiger partial charge in [-0.15, -0.1) is 0 Å². The molecule has 0 bridgehead atoms. The summed E-state index contributed by atoms with van der Waals surface area (Å²) in [5, 5.41) is 0. The molecule has 8 heteroatoms. The van der Waals surface area contributed by atoms with Crippen LogP contribution < -0.4 is 11.5 Å². The number of imidazole rings is 1. The lowest BCUT2D eigenvalue weighted by Gasteiger charge is -2.31. The van der Waals surface area contributed by atoms with Gasteiger partial charge in [-0.05, 0) is 61.7 Å². The number of nitrogens with zero attached hydrogens (tertiary/aromatic N) is 5. The third-order valence-electron chi connectivity index (χ3n) is 6.72. The zero-order chi connectivity index (χ0) is 23.5. The number of benzene rings is 2. The van der Waals surface area contributed by atoms with Crippen LogP contribution in [-0.2, 0) is 19.4 Å². The molecule has 176 valence electrons. The Balaban J connectivity index is 1.22. The molecule has 4 aromatic rings. The van der Waals surface area contributed by atoms with E-state index in [4.69, 9.17) is 16.5 Å². The van der Waals surface area contributed by atoms with Crippen LogP contribution in [0.1, 0.15) is 30.1 Å². The standard InChI is InChI=1S/C26H30FN7/c27-20-7-5-19(6-8-20)17-34-23-4-2-1-3-22(23)31-25(34)15-18-9-12-33(13-10-18)14-11-24-30-16-21(28)26(29)32-24/h1-8,16,18H,9-15,17,28H2,(H2,29,30,32). The number of nitrogen functional groups attached to an aromatic ring is 2. The monoisotopic (exact) mass is 459 g/mol. The fourth-order valence-corrected chi connectivity index (χ4v) is 4.72. The van der Waals surface area contributed by atoms with E-state index < -0.39 is 0 Å². The molecule has 1 fully saturated rings. The first kappa shape index (κ1) is 22.3. The molecular weight excluding hydrogens is 429 g/mol. The molecule has 0 spiro atoms. The molecule has 0 amide bonds. The predicted octanol–water partition coefficient (Wildman–Crippen LogP) is 3.68. The number of aromatic nitrogens is 4. The van der Waals surface area contributed by atoms with Crippen LogP contribution in [0.25, 0.3) is 11.0 Å². The van der Waals surface area contributed by atoms with Crippen LogP contribution in [0.2, 0.25) is 0 Å². The Kier molecular flexibility index (Phi) is 6.40. The minimum atomic E-state index is -0.211. The van der Waals surface area contributed by atoms with Crippen LogP contribution in [0.5, 0.6) is 0 Å². The summed E-state index contributed by atoms with van der Waals surface area (Å²) in [7, 11) is 0. The Morgan fingerprint density at radius 2 is 1.74 bits per heavy atom. The minimum Gasteiger partial charge on any atom is -0.394 e. The molecule has 7 nitrogen and oxygen atoms in total. The predicted molar refractivity (Wildman–Crippen MR) is 133 cm³/mol. The number of rotatable bonds is 7. The van der Waals surface area contributed by atoms with E-state index in [9.17, 15) is 4.39 Å². The number of likely N-dealkylation sites (tertiary alicyclic amines) is 1. The average Bonchev–Trinajstić information content (AvgIpc) is 3.19.